The van der Waals surface area contributed by atoms with Crippen LogP contribution in [0.4, 0.5) is 0 Å². The molecule has 0 N–H and O–H groups in total. The third-order valence-corrected chi connectivity index (χ3v) is 6.23. The zero-order valence-corrected chi connectivity index (χ0v) is 24.3. The SMILES string of the molecule is COc1ccnc(C(=O)C[C@@H](CC(C)C)C(=O)O[C@@H](C)[C@H](Oc2ccc(Cl)cc2Cl)C(C)C)c1OC(C)=O. The Balaban J connectivity index is 2.24. The number of esters is 2. The molecule has 0 aliphatic heterocycles. The fraction of sp³-hybridized carbons (Fsp3) is 0.500. The monoisotopic (exact) mass is 567 g/mol. The second kappa shape index (κ2) is 14.4. The van der Waals surface area contributed by atoms with E-state index in [0.717, 1.165) is 0 Å². The molecule has 1 heterocycles. The van der Waals surface area contributed by atoms with Crippen LogP contribution in [0.25, 0.3) is 0 Å². The molecule has 3 atom stereocenters. The number of carbonyl (C=O) groups excluding carboxylic acids is 3. The molecular formula is C28H35Cl2NO7. The van der Waals surface area contributed by atoms with Gasteiger partial charge in [0.1, 0.15) is 18.0 Å². The van der Waals surface area contributed by atoms with E-state index in [1.54, 1.807) is 25.1 Å². The van der Waals surface area contributed by atoms with Crippen LogP contribution in [0.5, 0.6) is 17.2 Å². The van der Waals surface area contributed by atoms with Gasteiger partial charge in [-0.05, 0) is 43.4 Å². The first-order valence-corrected chi connectivity index (χ1v) is 13.2. The van der Waals surface area contributed by atoms with Gasteiger partial charge >= 0.3 is 11.9 Å². The van der Waals surface area contributed by atoms with Gasteiger partial charge in [-0.1, -0.05) is 50.9 Å². The van der Waals surface area contributed by atoms with E-state index in [1.807, 2.05) is 27.7 Å². The Morgan fingerprint density at radius 1 is 1.00 bits per heavy atom. The van der Waals surface area contributed by atoms with Gasteiger partial charge in [0.2, 0.25) is 5.75 Å². The van der Waals surface area contributed by atoms with E-state index < -0.39 is 35.8 Å². The van der Waals surface area contributed by atoms with E-state index >= 15 is 0 Å². The average Bonchev–Trinajstić information content (AvgIpc) is 2.82. The number of ether oxygens (including phenoxy) is 4. The minimum atomic E-state index is -0.755. The predicted octanol–water partition coefficient (Wildman–Crippen LogP) is 6.59. The second-order valence-electron chi connectivity index (χ2n) is 9.78. The quantitative estimate of drug-likeness (QED) is 0.197. The van der Waals surface area contributed by atoms with Crippen molar-refractivity contribution in [1.82, 2.24) is 4.98 Å². The smallest absolute Gasteiger partial charge is 0.309 e. The van der Waals surface area contributed by atoms with Crippen molar-refractivity contribution in [2.24, 2.45) is 17.8 Å². The predicted molar refractivity (Wildman–Crippen MR) is 145 cm³/mol. The number of halogens is 2. The lowest BCUT2D eigenvalue weighted by atomic mass is 9.91. The third kappa shape index (κ3) is 8.88. The molecule has 38 heavy (non-hydrogen) atoms. The van der Waals surface area contributed by atoms with Crippen LogP contribution in [0.2, 0.25) is 10.0 Å². The summed E-state index contributed by atoms with van der Waals surface area (Å²) in [5.74, 6) is -1.78. The summed E-state index contributed by atoms with van der Waals surface area (Å²) in [6, 6.07) is 6.39. The Hall–Kier alpha value is -2.84. The molecule has 0 unspecified atom stereocenters. The van der Waals surface area contributed by atoms with E-state index in [0.29, 0.717) is 22.2 Å². The molecule has 208 valence electrons. The molecule has 10 heteroatoms. The maximum Gasteiger partial charge on any atom is 0.309 e. The molecule has 0 bridgehead atoms. The van der Waals surface area contributed by atoms with Crippen LogP contribution in [0.1, 0.15) is 64.9 Å². The Bertz CT molecular complexity index is 1140. The Morgan fingerprint density at radius 3 is 2.24 bits per heavy atom. The first-order valence-electron chi connectivity index (χ1n) is 12.4. The second-order valence-corrected chi connectivity index (χ2v) is 10.6. The zero-order valence-electron chi connectivity index (χ0n) is 22.7. The molecule has 0 radical (unpaired) electrons. The van der Waals surface area contributed by atoms with Crippen molar-refractivity contribution in [3.63, 3.8) is 0 Å². The summed E-state index contributed by atoms with van der Waals surface area (Å²) in [6.07, 6.45) is 0.437. The van der Waals surface area contributed by atoms with Crippen molar-refractivity contribution in [3.05, 3.63) is 46.2 Å². The van der Waals surface area contributed by atoms with Crippen molar-refractivity contribution in [1.29, 1.82) is 0 Å². The maximum absolute atomic E-state index is 13.3. The van der Waals surface area contributed by atoms with Crippen molar-refractivity contribution in [3.8, 4) is 17.2 Å². The molecule has 0 aliphatic carbocycles. The topological polar surface area (TPSA) is 101 Å². The maximum atomic E-state index is 13.3. The van der Waals surface area contributed by atoms with Crippen LogP contribution < -0.4 is 14.2 Å². The van der Waals surface area contributed by atoms with Crippen molar-refractivity contribution in [2.75, 3.05) is 7.11 Å². The Morgan fingerprint density at radius 2 is 1.68 bits per heavy atom. The highest BCUT2D eigenvalue weighted by Gasteiger charge is 2.33. The summed E-state index contributed by atoms with van der Waals surface area (Å²) >= 11 is 12.3. The molecule has 1 aromatic carbocycles. The van der Waals surface area contributed by atoms with E-state index in [4.69, 9.17) is 42.1 Å². The van der Waals surface area contributed by atoms with Gasteiger partial charge in [0.05, 0.1) is 18.1 Å². The van der Waals surface area contributed by atoms with Crippen LogP contribution in [-0.2, 0) is 14.3 Å². The van der Waals surface area contributed by atoms with Gasteiger partial charge in [-0.3, -0.25) is 14.4 Å². The van der Waals surface area contributed by atoms with Crippen molar-refractivity contribution in [2.45, 2.75) is 66.6 Å². The number of rotatable bonds is 13. The van der Waals surface area contributed by atoms with Crippen LogP contribution in [0.3, 0.4) is 0 Å². The average molecular weight is 568 g/mol. The molecule has 0 fully saturated rings. The largest absolute Gasteiger partial charge is 0.493 e. The Labute approximate surface area is 233 Å². The summed E-state index contributed by atoms with van der Waals surface area (Å²) in [7, 11) is 1.39. The summed E-state index contributed by atoms with van der Waals surface area (Å²) in [6.45, 7) is 10.7. The van der Waals surface area contributed by atoms with Crippen molar-refractivity contribution >= 4 is 40.9 Å². The van der Waals surface area contributed by atoms with Crippen LogP contribution in [0.15, 0.2) is 30.5 Å². The lowest BCUT2D eigenvalue weighted by molar-refractivity contribution is -0.159. The van der Waals surface area contributed by atoms with E-state index in [-0.39, 0.29) is 35.4 Å². The van der Waals surface area contributed by atoms with Gasteiger partial charge in [-0.25, -0.2) is 4.98 Å². The fourth-order valence-corrected chi connectivity index (χ4v) is 4.48. The number of aromatic nitrogens is 1. The van der Waals surface area contributed by atoms with E-state index in [2.05, 4.69) is 4.98 Å². The Kier molecular flexibility index (Phi) is 11.9. The highest BCUT2D eigenvalue weighted by atomic mass is 35.5. The molecule has 0 spiro atoms. The van der Waals surface area contributed by atoms with Gasteiger partial charge in [0, 0.05) is 30.6 Å². The molecule has 1 aromatic heterocycles. The fourth-order valence-electron chi connectivity index (χ4n) is 4.02. The molecule has 0 saturated carbocycles. The standard InChI is InChI=1S/C28H35Cl2NO7/c1-15(2)12-19(13-22(33)25-27(37-18(6)32)24(35-7)10-11-31-25)28(34)36-17(5)26(16(3)4)38-23-9-8-20(29)14-21(23)30/h8-11,14-17,19,26H,12-13H2,1-7H3/t17-,19+,26+/m0/s1. The lowest BCUT2D eigenvalue weighted by Crippen LogP contribution is -2.39. The van der Waals surface area contributed by atoms with Gasteiger partial charge in [-0.15, -0.1) is 0 Å². The third-order valence-electron chi connectivity index (χ3n) is 5.70. The summed E-state index contributed by atoms with van der Waals surface area (Å²) in [5.41, 5.74) is -0.0880. The number of hydrogen-bond acceptors (Lipinski definition) is 8. The minimum Gasteiger partial charge on any atom is -0.493 e. The summed E-state index contributed by atoms with van der Waals surface area (Å²) < 4.78 is 22.4. The van der Waals surface area contributed by atoms with E-state index in [9.17, 15) is 14.4 Å². The number of methoxy groups -OCH3 is 1. The number of ketones is 1. The molecule has 0 saturated heterocycles. The van der Waals surface area contributed by atoms with Gasteiger partial charge < -0.3 is 18.9 Å². The highest BCUT2D eigenvalue weighted by Crippen LogP contribution is 2.33. The molecule has 2 rings (SSSR count). The molecule has 8 nitrogen and oxygen atoms in total. The highest BCUT2D eigenvalue weighted by molar-refractivity contribution is 6.35. The van der Waals surface area contributed by atoms with Crippen molar-refractivity contribution < 1.29 is 33.3 Å². The zero-order chi connectivity index (χ0) is 28.6. The van der Waals surface area contributed by atoms with E-state index in [1.165, 1.54) is 26.3 Å². The first kappa shape index (κ1) is 31.4. The molecule has 2 aromatic rings. The number of pyridine rings is 1. The van der Waals surface area contributed by atoms with Crippen LogP contribution >= 0.6 is 23.2 Å². The number of Topliss-reactive ketones (excluding diaryl/α,β-unsaturated/α-hetero) is 1. The normalized spacial score (nSPS) is 13.6. The minimum absolute atomic E-state index is 0.0259. The number of carbonyl (C=O) groups is 3. The van der Waals surface area contributed by atoms with Crippen LogP contribution in [-0.4, -0.2) is 42.0 Å². The van der Waals surface area contributed by atoms with Crippen LogP contribution in [0, 0.1) is 17.8 Å². The van der Waals surface area contributed by atoms with Gasteiger partial charge in [0.15, 0.2) is 17.2 Å². The van der Waals surface area contributed by atoms with Gasteiger partial charge in [0.25, 0.3) is 0 Å². The van der Waals surface area contributed by atoms with Gasteiger partial charge in [-0.2, -0.15) is 0 Å². The summed E-state index contributed by atoms with van der Waals surface area (Å²) in [5, 5.41) is 0.825. The number of hydrogen-bond donors (Lipinski definition) is 0. The first-order chi connectivity index (χ1) is 17.8. The molecule has 0 aliphatic rings. The lowest BCUT2D eigenvalue weighted by Gasteiger charge is -2.30. The molecular weight excluding hydrogens is 533 g/mol. The number of benzene rings is 1. The molecule has 0 amide bonds. The number of nitrogens with zero attached hydrogens (tertiary/aromatic N) is 1. The summed E-state index contributed by atoms with van der Waals surface area (Å²) in [4.78, 5) is 42.3.